The van der Waals surface area contributed by atoms with Gasteiger partial charge in [-0.2, -0.15) is 0 Å². The summed E-state index contributed by atoms with van der Waals surface area (Å²) < 4.78 is 11.0. The molecule has 0 aliphatic rings. The Morgan fingerprint density at radius 2 is 1.63 bits per heavy atom. The summed E-state index contributed by atoms with van der Waals surface area (Å²) in [6.45, 7) is 10.8. The average Bonchev–Trinajstić information content (AvgIpc) is 2.76. The average molecular weight is 526 g/mol. The van der Waals surface area contributed by atoms with Gasteiger partial charge < -0.3 is 20.1 Å². The number of nitrogens with zero attached hydrogens (tertiary/aromatic N) is 2. The predicted molar refractivity (Wildman–Crippen MR) is 136 cm³/mol. The molecule has 0 fully saturated rings. The van der Waals surface area contributed by atoms with Crippen LogP contribution in [0.15, 0.2) is 47.5 Å². The second-order valence-corrected chi connectivity index (χ2v) is 6.63. The Kier molecular flexibility index (Phi) is 12.2. The molecule has 0 radical (unpaired) electrons. The Labute approximate surface area is 198 Å². The fourth-order valence-electron chi connectivity index (χ4n) is 2.99. The Morgan fingerprint density at radius 3 is 2.20 bits per heavy atom. The summed E-state index contributed by atoms with van der Waals surface area (Å²) in [5.41, 5.74) is 3.43. The van der Waals surface area contributed by atoms with Gasteiger partial charge in [-0.05, 0) is 43.3 Å². The first-order chi connectivity index (χ1) is 14.1. The molecule has 30 heavy (non-hydrogen) atoms. The summed E-state index contributed by atoms with van der Waals surface area (Å²) in [6.07, 6.45) is 0. The molecule has 0 aliphatic carbocycles. The molecule has 166 valence electrons. The van der Waals surface area contributed by atoms with Crippen molar-refractivity contribution >= 4 is 35.6 Å². The SMILES string of the molecule is CCOc1ccc(NC(=NC)NCc2ccc(CN(CC)CC)cc2)cc1OC.I. The first-order valence-electron chi connectivity index (χ1n) is 10.2. The van der Waals surface area contributed by atoms with Crippen molar-refractivity contribution in [2.24, 2.45) is 4.99 Å². The highest BCUT2D eigenvalue weighted by atomic mass is 127. The number of anilines is 1. The topological polar surface area (TPSA) is 58.1 Å². The van der Waals surface area contributed by atoms with E-state index in [1.807, 2.05) is 25.1 Å². The van der Waals surface area contributed by atoms with Crippen LogP contribution in [-0.2, 0) is 13.1 Å². The predicted octanol–water partition coefficient (Wildman–Crippen LogP) is 4.74. The summed E-state index contributed by atoms with van der Waals surface area (Å²) >= 11 is 0. The second-order valence-electron chi connectivity index (χ2n) is 6.63. The Bertz CT molecular complexity index is 777. The maximum Gasteiger partial charge on any atom is 0.195 e. The van der Waals surface area contributed by atoms with E-state index in [0.29, 0.717) is 24.9 Å². The van der Waals surface area contributed by atoms with Crippen LogP contribution in [0.25, 0.3) is 0 Å². The molecule has 0 saturated carbocycles. The van der Waals surface area contributed by atoms with Crippen LogP contribution < -0.4 is 20.1 Å². The highest BCUT2D eigenvalue weighted by molar-refractivity contribution is 14.0. The molecule has 0 unspecified atom stereocenters. The van der Waals surface area contributed by atoms with Gasteiger partial charge in [0.1, 0.15) is 0 Å². The summed E-state index contributed by atoms with van der Waals surface area (Å²) in [7, 11) is 3.40. The van der Waals surface area contributed by atoms with Gasteiger partial charge in [-0.1, -0.05) is 38.1 Å². The molecule has 2 N–H and O–H groups in total. The third kappa shape index (κ3) is 8.02. The van der Waals surface area contributed by atoms with Gasteiger partial charge in [-0.25, -0.2) is 0 Å². The van der Waals surface area contributed by atoms with Gasteiger partial charge in [0.15, 0.2) is 17.5 Å². The van der Waals surface area contributed by atoms with Crippen LogP contribution in [0.1, 0.15) is 31.9 Å². The van der Waals surface area contributed by atoms with Crippen LogP contribution in [0.2, 0.25) is 0 Å². The summed E-state index contributed by atoms with van der Waals surface area (Å²) in [5, 5.41) is 6.64. The van der Waals surface area contributed by atoms with Crippen molar-refractivity contribution in [3.05, 3.63) is 53.6 Å². The zero-order chi connectivity index (χ0) is 21.1. The van der Waals surface area contributed by atoms with E-state index in [1.54, 1.807) is 14.2 Å². The highest BCUT2D eigenvalue weighted by Crippen LogP contribution is 2.30. The van der Waals surface area contributed by atoms with Crippen molar-refractivity contribution in [3.63, 3.8) is 0 Å². The minimum absolute atomic E-state index is 0. The molecule has 0 aromatic heterocycles. The van der Waals surface area contributed by atoms with Crippen molar-refractivity contribution in [2.75, 3.05) is 39.2 Å². The lowest BCUT2D eigenvalue weighted by atomic mass is 10.1. The smallest absolute Gasteiger partial charge is 0.195 e. The van der Waals surface area contributed by atoms with Crippen molar-refractivity contribution in [2.45, 2.75) is 33.9 Å². The van der Waals surface area contributed by atoms with E-state index in [9.17, 15) is 0 Å². The molecule has 6 nitrogen and oxygen atoms in total. The number of hydrogen-bond acceptors (Lipinski definition) is 4. The van der Waals surface area contributed by atoms with E-state index in [0.717, 1.165) is 31.1 Å². The van der Waals surface area contributed by atoms with Gasteiger partial charge in [0.05, 0.1) is 13.7 Å². The van der Waals surface area contributed by atoms with Crippen LogP contribution in [0.4, 0.5) is 5.69 Å². The highest BCUT2D eigenvalue weighted by Gasteiger charge is 2.07. The Balaban J connectivity index is 0.00000450. The monoisotopic (exact) mass is 526 g/mol. The number of aliphatic imine (C=N–C) groups is 1. The molecular weight excluding hydrogens is 491 g/mol. The standard InChI is InChI=1S/C23H34N4O2.HI/c1-6-27(7-2)17-19-11-9-18(10-12-19)16-25-23(24-4)26-20-13-14-21(29-8-3)22(15-20)28-5;/h9-15H,6-8,16-17H2,1-5H3,(H2,24,25,26);1H. The largest absolute Gasteiger partial charge is 0.493 e. The van der Waals surface area contributed by atoms with Gasteiger partial charge in [0.25, 0.3) is 0 Å². The lowest BCUT2D eigenvalue weighted by Gasteiger charge is -2.18. The van der Waals surface area contributed by atoms with Gasteiger partial charge in [-0.15, -0.1) is 24.0 Å². The molecule has 0 bridgehead atoms. The van der Waals surface area contributed by atoms with Gasteiger partial charge in [0.2, 0.25) is 0 Å². The zero-order valence-electron chi connectivity index (χ0n) is 18.7. The molecule has 0 atom stereocenters. The normalized spacial score (nSPS) is 11.1. The van der Waals surface area contributed by atoms with Gasteiger partial charge >= 0.3 is 0 Å². The number of guanidine groups is 1. The van der Waals surface area contributed by atoms with Gasteiger partial charge in [0, 0.05) is 31.9 Å². The summed E-state index contributed by atoms with van der Waals surface area (Å²) in [6, 6.07) is 14.5. The van der Waals surface area contributed by atoms with E-state index in [1.165, 1.54) is 11.1 Å². The number of benzene rings is 2. The maximum absolute atomic E-state index is 5.57. The minimum atomic E-state index is 0. The minimum Gasteiger partial charge on any atom is -0.493 e. The molecule has 2 aromatic rings. The number of halogens is 1. The first kappa shape index (κ1) is 26.0. The quantitative estimate of drug-likeness (QED) is 0.266. The number of ether oxygens (including phenoxy) is 2. The molecule has 0 heterocycles. The molecule has 0 saturated heterocycles. The molecule has 2 rings (SSSR count). The van der Waals surface area contributed by atoms with Crippen molar-refractivity contribution in [1.29, 1.82) is 0 Å². The third-order valence-electron chi connectivity index (χ3n) is 4.73. The number of methoxy groups -OCH3 is 1. The van der Waals surface area contributed by atoms with Crippen LogP contribution >= 0.6 is 24.0 Å². The molecule has 2 aromatic carbocycles. The van der Waals surface area contributed by atoms with Crippen molar-refractivity contribution in [3.8, 4) is 11.5 Å². The molecule has 7 heteroatoms. The van der Waals surface area contributed by atoms with Crippen molar-refractivity contribution < 1.29 is 9.47 Å². The molecule has 0 aliphatic heterocycles. The molecule has 0 amide bonds. The first-order valence-corrected chi connectivity index (χ1v) is 10.2. The zero-order valence-corrected chi connectivity index (χ0v) is 21.0. The van der Waals surface area contributed by atoms with Crippen LogP contribution in [-0.4, -0.2) is 44.7 Å². The van der Waals surface area contributed by atoms with Crippen LogP contribution in [0, 0.1) is 0 Å². The lowest BCUT2D eigenvalue weighted by Crippen LogP contribution is -2.30. The Morgan fingerprint density at radius 1 is 0.967 bits per heavy atom. The summed E-state index contributed by atoms with van der Waals surface area (Å²) in [4.78, 5) is 6.71. The van der Waals surface area contributed by atoms with E-state index in [4.69, 9.17) is 9.47 Å². The number of nitrogens with one attached hydrogen (secondary N) is 2. The fourth-order valence-corrected chi connectivity index (χ4v) is 2.99. The fraction of sp³-hybridized carbons (Fsp3) is 0.435. The Hall–Kier alpha value is -2.00. The van der Waals surface area contributed by atoms with E-state index < -0.39 is 0 Å². The van der Waals surface area contributed by atoms with E-state index in [2.05, 4.69) is 58.6 Å². The lowest BCUT2D eigenvalue weighted by molar-refractivity contribution is 0.296. The van der Waals surface area contributed by atoms with E-state index >= 15 is 0 Å². The third-order valence-corrected chi connectivity index (χ3v) is 4.73. The van der Waals surface area contributed by atoms with Crippen molar-refractivity contribution in [1.82, 2.24) is 10.2 Å². The van der Waals surface area contributed by atoms with Gasteiger partial charge in [-0.3, -0.25) is 9.89 Å². The molecule has 0 spiro atoms. The number of hydrogen-bond donors (Lipinski definition) is 2. The molecular formula is C23H35IN4O2. The van der Waals surface area contributed by atoms with Crippen LogP contribution in [0.5, 0.6) is 11.5 Å². The summed E-state index contributed by atoms with van der Waals surface area (Å²) in [5.74, 6) is 2.12. The maximum atomic E-state index is 5.57. The number of rotatable bonds is 10. The van der Waals surface area contributed by atoms with E-state index in [-0.39, 0.29) is 24.0 Å². The second kappa shape index (κ2) is 14.1. The van der Waals surface area contributed by atoms with Crippen LogP contribution in [0.3, 0.4) is 0 Å².